The minimum Gasteiger partial charge on any atom is -0.325 e. The average Bonchev–Trinajstić information content (AvgIpc) is 3.06. The maximum atomic E-state index is 13.2. The monoisotopic (exact) mass is 485 g/mol. The van der Waals surface area contributed by atoms with Gasteiger partial charge in [-0.1, -0.05) is 48.2 Å². The van der Waals surface area contributed by atoms with E-state index < -0.39 is 17.5 Å². The van der Waals surface area contributed by atoms with Gasteiger partial charge in [0.1, 0.15) is 12.1 Å². The van der Waals surface area contributed by atoms with Crippen molar-refractivity contribution in [2.75, 3.05) is 11.9 Å². The van der Waals surface area contributed by atoms with Crippen LogP contribution in [0, 0.1) is 13.8 Å². The number of carbonyl (C=O) groups is 3. The first-order chi connectivity index (χ1) is 16.8. The molecule has 0 radical (unpaired) electrons. The van der Waals surface area contributed by atoms with Crippen LogP contribution >= 0.6 is 11.8 Å². The second-order valence-corrected chi connectivity index (χ2v) is 10.4. The van der Waals surface area contributed by atoms with Gasteiger partial charge in [-0.2, -0.15) is 0 Å². The van der Waals surface area contributed by atoms with E-state index >= 15 is 0 Å². The third-order valence-electron chi connectivity index (χ3n) is 6.69. The molecule has 1 heterocycles. The number of imide groups is 1. The lowest BCUT2D eigenvalue weighted by Gasteiger charge is -2.32. The lowest BCUT2D eigenvalue weighted by Crippen LogP contribution is -2.51. The molecule has 7 heteroatoms. The minimum absolute atomic E-state index is 0.312. The van der Waals surface area contributed by atoms with E-state index in [4.69, 9.17) is 0 Å². The third kappa shape index (κ3) is 4.68. The van der Waals surface area contributed by atoms with E-state index in [2.05, 4.69) is 48.7 Å². The number of benzene rings is 3. The quantitative estimate of drug-likeness (QED) is 0.506. The van der Waals surface area contributed by atoms with Crippen LogP contribution in [0.5, 0.6) is 0 Å². The molecule has 0 saturated carbocycles. The summed E-state index contributed by atoms with van der Waals surface area (Å²) in [5.74, 6) is -0.732. The number of fused-ring (bicyclic) bond motifs is 1. The summed E-state index contributed by atoms with van der Waals surface area (Å²) in [5, 5.41) is 5.68. The van der Waals surface area contributed by atoms with Crippen molar-refractivity contribution in [1.29, 1.82) is 0 Å². The van der Waals surface area contributed by atoms with Gasteiger partial charge in [0.25, 0.3) is 5.91 Å². The zero-order valence-electron chi connectivity index (χ0n) is 19.8. The van der Waals surface area contributed by atoms with E-state index in [0.717, 1.165) is 15.4 Å². The van der Waals surface area contributed by atoms with Crippen molar-refractivity contribution in [3.05, 3.63) is 89.0 Å². The summed E-state index contributed by atoms with van der Waals surface area (Å²) >= 11 is 1.67. The fourth-order valence-electron chi connectivity index (χ4n) is 4.74. The highest BCUT2D eigenvalue weighted by Gasteiger charge is 2.52. The van der Waals surface area contributed by atoms with Crippen LogP contribution in [-0.2, 0) is 22.4 Å². The highest BCUT2D eigenvalue weighted by molar-refractivity contribution is 7.99. The second kappa shape index (κ2) is 9.23. The zero-order valence-corrected chi connectivity index (χ0v) is 20.6. The van der Waals surface area contributed by atoms with Crippen molar-refractivity contribution in [3.63, 3.8) is 0 Å². The largest absolute Gasteiger partial charge is 0.325 e. The summed E-state index contributed by atoms with van der Waals surface area (Å²) < 4.78 is 0. The summed E-state index contributed by atoms with van der Waals surface area (Å²) in [7, 11) is 0. The normalized spacial score (nSPS) is 19.0. The molecule has 0 bridgehead atoms. The number of nitrogens with one attached hydrogen (secondary N) is 2. The number of anilines is 1. The summed E-state index contributed by atoms with van der Waals surface area (Å²) in [6.07, 6.45) is 1.70. The average molecular weight is 486 g/mol. The van der Waals surface area contributed by atoms with Gasteiger partial charge < -0.3 is 10.6 Å². The Hall–Kier alpha value is -3.58. The third-order valence-corrected chi connectivity index (χ3v) is 7.86. The molecule has 178 valence electrons. The Labute approximate surface area is 209 Å². The Morgan fingerprint density at radius 1 is 1.03 bits per heavy atom. The van der Waals surface area contributed by atoms with Gasteiger partial charge in [-0.05, 0) is 79.3 Å². The number of nitrogens with zero attached hydrogens (tertiary/aromatic N) is 1. The van der Waals surface area contributed by atoms with Crippen LogP contribution in [0.2, 0.25) is 0 Å². The molecule has 5 rings (SSSR count). The van der Waals surface area contributed by atoms with Crippen molar-refractivity contribution in [3.8, 4) is 0 Å². The lowest BCUT2D eigenvalue weighted by atomic mass is 9.78. The van der Waals surface area contributed by atoms with E-state index in [1.807, 2.05) is 42.5 Å². The van der Waals surface area contributed by atoms with Gasteiger partial charge in [-0.3, -0.25) is 14.5 Å². The fraction of sp³-hybridized carbons (Fsp3) is 0.250. The molecular formula is C28H27N3O3S. The second-order valence-electron chi connectivity index (χ2n) is 9.29. The van der Waals surface area contributed by atoms with Crippen molar-refractivity contribution >= 4 is 35.3 Å². The molecule has 1 atom stereocenters. The Balaban J connectivity index is 1.21. The van der Waals surface area contributed by atoms with Crippen LogP contribution in [0.3, 0.4) is 0 Å². The smallest absolute Gasteiger partial charge is 0.325 e. The van der Waals surface area contributed by atoms with E-state index in [9.17, 15) is 14.4 Å². The number of amides is 4. The fourth-order valence-corrected chi connectivity index (χ4v) is 5.74. The van der Waals surface area contributed by atoms with E-state index in [0.29, 0.717) is 24.9 Å². The van der Waals surface area contributed by atoms with Crippen LogP contribution in [0.25, 0.3) is 0 Å². The first-order valence-corrected chi connectivity index (χ1v) is 12.5. The number of carbonyl (C=O) groups excluding carboxylic acids is 3. The molecule has 2 aliphatic rings. The SMILES string of the molecule is Cc1ccc(C)c(Sc2ccc(NC(=O)CN3C(=O)NC4(CCc5ccccc5C4)C3=O)cc2)c1. The van der Waals surface area contributed by atoms with Crippen molar-refractivity contribution in [1.82, 2.24) is 10.2 Å². The van der Waals surface area contributed by atoms with Gasteiger partial charge in [-0.15, -0.1) is 0 Å². The molecule has 3 aromatic rings. The first-order valence-electron chi connectivity index (χ1n) is 11.7. The molecule has 4 amide bonds. The summed E-state index contributed by atoms with van der Waals surface area (Å²) in [4.78, 5) is 41.8. The van der Waals surface area contributed by atoms with Gasteiger partial charge in [0, 0.05) is 21.9 Å². The molecular weight excluding hydrogens is 458 g/mol. The number of urea groups is 1. The maximum absolute atomic E-state index is 13.2. The van der Waals surface area contributed by atoms with Crippen molar-refractivity contribution < 1.29 is 14.4 Å². The molecule has 1 aliphatic heterocycles. The highest BCUT2D eigenvalue weighted by Crippen LogP contribution is 2.34. The van der Waals surface area contributed by atoms with Gasteiger partial charge in [0.15, 0.2) is 0 Å². The summed E-state index contributed by atoms with van der Waals surface area (Å²) in [5.41, 5.74) is 4.35. The Morgan fingerprint density at radius 2 is 1.77 bits per heavy atom. The molecule has 0 aromatic heterocycles. The molecule has 6 nitrogen and oxygen atoms in total. The van der Waals surface area contributed by atoms with Crippen LogP contribution in [0.15, 0.2) is 76.5 Å². The number of hydrogen-bond donors (Lipinski definition) is 2. The van der Waals surface area contributed by atoms with Crippen LogP contribution in [0.1, 0.15) is 28.7 Å². The van der Waals surface area contributed by atoms with Gasteiger partial charge >= 0.3 is 6.03 Å². The molecule has 1 saturated heterocycles. The lowest BCUT2D eigenvalue weighted by molar-refractivity contribution is -0.134. The van der Waals surface area contributed by atoms with Gasteiger partial charge in [0.2, 0.25) is 5.91 Å². The zero-order chi connectivity index (χ0) is 24.6. The Morgan fingerprint density at radius 3 is 2.54 bits per heavy atom. The standard InChI is InChI=1S/C28H27N3O3S/c1-18-7-8-19(2)24(15-18)35-23-11-9-22(10-12-23)29-25(32)17-31-26(33)28(30-27(31)34)14-13-20-5-3-4-6-21(20)16-28/h3-12,15H,13-14,16-17H2,1-2H3,(H,29,32)(H,30,34). The number of hydrogen-bond acceptors (Lipinski definition) is 4. The van der Waals surface area contributed by atoms with E-state index in [1.165, 1.54) is 21.6 Å². The molecule has 3 aromatic carbocycles. The first kappa shape index (κ1) is 23.2. The highest BCUT2D eigenvalue weighted by atomic mass is 32.2. The van der Waals surface area contributed by atoms with E-state index in [1.54, 1.807) is 11.8 Å². The van der Waals surface area contributed by atoms with Crippen molar-refractivity contribution in [2.45, 2.75) is 48.4 Å². The number of aryl methyl sites for hydroxylation is 3. The molecule has 2 N–H and O–H groups in total. The van der Waals surface area contributed by atoms with Gasteiger partial charge in [0.05, 0.1) is 0 Å². The predicted molar refractivity (Wildman–Crippen MR) is 137 cm³/mol. The molecule has 35 heavy (non-hydrogen) atoms. The summed E-state index contributed by atoms with van der Waals surface area (Å²) in [6, 6.07) is 21.4. The maximum Gasteiger partial charge on any atom is 0.325 e. The molecule has 1 fully saturated rings. The molecule has 1 spiro atoms. The van der Waals surface area contributed by atoms with Crippen LogP contribution < -0.4 is 10.6 Å². The van der Waals surface area contributed by atoms with Crippen LogP contribution in [0.4, 0.5) is 10.5 Å². The van der Waals surface area contributed by atoms with Crippen molar-refractivity contribution in [2.24, 2.45) is 0 Å². The minimum atomic E-state index is -0.960. The van der Waals surface area contributed by atoms with Gasteiger partial charge in [-0.25, -0.2) is 4.79 Å². The molecule has 1 unspecified atom stereocenters. The summed E-state index contributed by atoms with van der Waals surface area (Å²) in [6.45, 7) is 3.85. The molecule has 1 aliphatic carbocycles. The Bertz CT molecular complexity index is 1320. The predicted octanol–water partition coefficient (Wildman–Crippen LogP) is 4.87. The van der Waals surface area contributed by atoms with E-state index in [-0.39, 0.29) is 12.5 Å². The Kier molecular flexibility index (Phi) is 6.11. The number of rotatable bonds is 5. The van der Waals surface area contributed by atoms with Crippen LogP contribution in [-0.4, -0.2) is 34.8 Å². The topological polar surface area (TPSA) is 78.5 Å².